The number of carboxylic acids is 1. The van der Waals surface area contributed by atoms with Crippen molar-refractivity contribution >= 4 is 17.3 Å². The molecule has 70 valence electrons. The molecule has 0 aromatic carbocycles. The van der Waals surface area contributed by atoms with Gasteiger partial charge in [0.25, 0.3) is 0 Å². The first kappa shape index (κ1) is 8.76. The molecule has 2 heterocycles. The summed E-state index contributed by atoms with van der Waals surface area (Å²) in [5, 5.41) is 16.9. The van der Waals surface area contributed by atoms with E-state index < -0.39 is 5.97 Å². The molecule has 0 saturated heterocycles. The molecule has 0 radical (unpaired) electrons. The number of pyridine rings is 1. The predicted molar refractivity (Wildman–Crippen MR) is 50.1 cm³/mol. The van der Waals surface area contributed by atoms with Gasteiger partial charge in [0.15, 0.2) is 0 Å². The van der Waals surface area contributed by atoms with Crippen LogP contribution < -0.4 is 0 Å². The van der Waals surface area contributed by atoms with Gasteiger partial charge in [0.2, 0.25) is 0 Å². The lowest BCUT2D eigenvalue weighted by Crippen LogP contribution is -1.97. The Morgan fingerprint density at radius 2 is 2.29 bits per heavy atom. The van der Waals surface area contributed by atoms with Gasteiger partial charge in [0.1, 0.15) is 10.5 Å². The number of hydrogen-bond acceptors (Lipinski definition) is 5. The van der Waals surface area contributed by atoms with Crippen LogP contribution in [0.4, 0.5) is 0 Å². The first-order valence-corrected chi connectivity index (χ1v) is 4.60. The van der Waals surface area contributed by atoms with Crippen molar-refractivity contribution in [2.75, 3.05) is 0 Å². The first-order valence-electron chi connectivity index (χ1n) is 3.72. The standard InChI is InChI=1S/C8H5N3O2S/c12-8(13)6-1-5(2-9-3-6)7-11-10-4-14-7/h1-4H,(H,12,13). The Kier molecular flexibility index (Phi) is 2.19. The monoisotopic (exact) mass is 207 g/mol. The lowest BCUT2D eigenvalue weighted by molar-refractivity contribution is 0.0696. The number of carbonyl (C=O) groups is 1. The number of nitrogens with zero attached hydrogens (tertiary/aromatic N) is 3. The van der Waals surface area contributed by atoms with E-state index in [1.807, 2.05) is 0 Å². The highest BCUT2D eigenvalue weighted by atomic mass is 32.1. The van der Waals surface area contributed by atoms with Crippen LogP contribution in [0.5, 0.6) is 0 Å². The number of aromatic carboxylic acids is 1. The van der Waals surface area contributed by atoms with Crippen molar-refractivity contribution < 1.29 is 9.90 Å². The molecule has 2 aromatic rings. The summed E-state index contributed by atoms with van der Waals surface area (Å²) in [6.07, 6.45) is 2.86. The second-order valence-electron chi connectivity index (χ2n) is 2.51. The molecular formula is C8H5N3O2S. The van der Waals surface area contributed by atoms with Crippen LogP contribution in [0.1, 0.15) is 10.4 Å². The van der Waals surface area contributed by atoms with Crippen molar-refractivity contribution in [3.05, 3.63) is 29.5 Å². The molecule has 0 atom stereocenters. The average molecular weight is 207 g/mol. The van der Waals surface area contributed by atoms with E-state index in [0.29, 0.717) is 10.6 Å². The summed E-state index contributed by atoms with van der Waals surface area (Å²) in [7, 11) is 0. The van der Waals surface area contributed by atoms with Crippen LogP contribution >= 0.6 is 11.3 Å². The van der Waals surface area contributed by atoms with Crippen LogP contribution in [0.3, 0.4) is 0 Å². The largest absolute Gasteiger partial charge is 0.478 e. The molecule has 0 aliphatic rings. The quantitative estimate of drug-likeness (QED) is 0.803. The second kappa shape index (κ2) is 3.51. The third-order valence-corrected chi connectivity index (χ3v) is 2.33. The van der Waals surface area contributed by atoms with Gasteiger partial charge in [0.05, 0.1) is 5.56 Å². The summed E-state index contributed by atoms with van der Waals surface area (Å²) in [4.78, 5) is 14.5. The zero-order chi connectivity index (χ0) is 9.97. The van der Waals surface area contributed by atoms with Gasteiger partial charge < -0.3 is 5.11 Å². The molecular weight excluding hydrogens is 202 g/mol. The van der Waals surface area contributed by atoms with Gasteiger partial charge >= 0.3 is 5.97 Å². The van der Waals surface area contributed by atoms with Crippen molar-refractivity contribution in [3.63, 3.8) is 0 Å². The number of aromatic nitrogens is 3. The lowest BCUT2D eigenvalue weighted by atomic mass is 10.2. The number of carboxylic acid groups (broad SMARTS) is 1. The molecule has 2 aromatic heterocycles. The van der Waals surface area contributed by atoms with Crippen molar-refractivity contribution in [2.45, 2.75) is 0 Å². The highest BCUT2D eigenvalue weighted by Gasteiger charge is 2.07. The van der Waals surface area contributed by atoms with Gasteiger partial charge in [-0.2, -0.15) is 0 Å². The maximum atomic E-state index is 10.7. The van der Waals surface area contributed by atoms with E-state index in [1.165, 1.54) is 23.6 Å². The fraction of sp³-hybridized carbons (Fsp3) is 0. The van der Waals surface area contributed by atoms with Crippen molar-refractivity contribution in [1.29, 1.82) is 0 Å². The molecule has 0 saturated carbocycles. The molecule has 14 heavy (non-hydrogen) atoms. The van der Waals surface area contributed by atoms with Crippen LogP contribution in [0.15, 0.2) is 24.0 Å². The highest BCUT2D eigenvalue weighted by Crippen LogP contribution is 2.20. The molecule has 0 amide bonds. The SMILES string of the molecule is O=C(O)c1cncc(-c2nncs2)c1. The second-order valence-corrected chi connectivity index (χ2v) is 3.34. The maximum absolute atomic E-state index is 10.7. The third-order valence-electron chi connectivity index (χ3n) is 1.59. The van der Waals surface area contributed by atoms with Crippen molar-refractivity contribution in [1.82, 2.24) is 15.2 Å². The minimum absolute atomic E-state index is 0.151. The minimum atomic E-state index is -0.996. The predicted octanol–water partition coefficient (Wildman–Crippen LogP) is 1.30. The van der Waals surface area contributed by atoms with Crippen LogP contribution in [-0.2, 0) is 0 Å². The molecule has 1 N–H and O–H groups in total. The van der Waals surface area contributed by atoms with Crippen LogP contribution in [0.25, 0.3) is 10.6 Å². The average Bonchev–Trinajstić information content (AvgIpc) is 2.71. The summed E-state index contributed by atoms with van der Waals surface area (Å²) >= 11 is 1.34. The highest BCUT2D eigenvalue weighted by molar-refractivity contribution is 7.12. The zero-order valence-corrected chi connectivity index (χ0v) is 7.73. The van der Waals surface area contributed by atoms with Crippen molar-refractivity contribution in [3.8, 4) is 10.6 Å². The van der Waals surface area contributed by atoms with E-state index >= 15 is 0 Å². The van der Waals surface area contributed by atoms with Gasteiger partial charge in [-0.25, -0.2) is 4.79 Å². The molecule has 0 fully saturated rings. The summed E-state index contributed by atoms with van der Waals surface area (Å²) in [6, 6.07) is 1.52. The number of hydrogen-bond donors (Lipinski definition) is 1. The summed E-state index contributed by atoms with van der Waals surface area (Å²) in [5.41, 5.74) is 2.41. The molecule has 5 nitrogen and oxygen atoms in total. The smallest absolute Gasteiger partial charge is 0.337 e. The van der Waals surface area contributed by atoms with Gasteiger partial charge in [-0.15, -0.1) is 10.2 Å². The van der Waals surface area contributed by atoms with Gasteiger partial charge in [-0.1, -0.05) is 11.3 Å². The third kappa shape index (κ3) is 1.60. The van der Waals surface area contributed by atoms with E-state index in [9.17, 15) is 4.79 Å². The van der Waals surface area contributed by atoms with Gasteiger partial charge in [-0.05, 0) is 6.07 Å². The van der Waals surface area contributed by atoms with Crippen molar-refractivity contribution in [2.24, 2.45) is 0 Å². The van der Waals surface area contributed by atoms with E-state index in [1.54, 1.807) is 11.7 Å². The topological polar surface area (TPSA) is 76.0 Å². The molecule has 0 bridgehead atoms. The molecule has 0 aliphatic heterocycles. The van der Waals surface area contributed by atoms with E-state index in [0.717, 1.165) is 0 Å². The summed E-state index contributed by atoms with van der Waals surface area (Å²) < 4.78 is 0. The fourth-order valence-electron chi connectivity index (χ4n) is 0.973. The molecule has 0 aliphatic carbocycles. The van der Waals surface area contributed by atoms with E-state index in [2.05, 4.69) is 15.2 Å². The van der Waals surface area contributed by atoms with Crippen LogP contribution in [-0.4, -0.2) is 26.3 Å². The Hall–Kier alpha value is -1.82. The van der Waals surface area contributed by atoms with E-state index in [4.69, 9.17) is 5.11 Å². The Labute approximate surface area is 83.1 Å². The Morgan fingerprint density at radius 1 is 1.43 bits per heavy atom. The number of rotatable bonds is 2. The Morgan fingerprint density at radius 3 is 2.93 bits per heavy atom. The summed E-state index contributed by atoms with van der Waals surface area (Å²) in [5.74, 6) is -0.996. The lowest BCUT2D eigenvalue weighted by Gasteiger charge is -1.96. The molecule has 0 spiro atoms. The van der Waals surface area contributed by atoms with Gasteiger partial charge in [0, 0.05) is 18.0 Å². The maximum Gasteiger partial charge on any atom is 0.337 e. The minimum Gasteiger partial charge on any atom is -0.478 e. The Bertz CT molecular complexity index is 455. The first-order chi connectivity index (χ1) is 6.77. The summed E-state index contributed by atoms with van der Waals surface area (Å²) in [6.45, 7) is 0. The van der Waals surface area contributed by atoms with Crippen LogP contribution in [0.2, 0.25) is 0 Å². The zero-order valence-electron chi connectivity index (χ0n) is 6.91. The molecule has 6 heteroatoms. The van der Waals surface area contributed by atoms with Gasteiger partial charge in [-0.3, -0.25) is 4.98 Å². The molecule has 2 rings (SSSR count). The fourth-order valence-corrected chi connectivity index (χ4v) is 1.51. The normalized spacial score (nSPS) is 10.0. The Balaban J connectivity index is 2.46. The van der Waals surface area contributed by atoms with E-state index in [-0.39, 0.29) is 5.56 Å². The van der Waals surface area contributed by atoms with Crippen LogP contribution in [0, 0.1) is 0 Å². The molecule has 0 unspecified atom stereocenters.